The Morgan fingerprint density at radius 2 is 1.32 bits per heavy atom. The van der Waals surface area contributed by atoms with Crippen molar-refractivity contribution in [3.63, 3.8) is 0 Å². The first-order chi connectivity index (χ1) is 11.5. The van der Waals surface area contributed by atoms with Crippen molar-refractivity contribution in [1.29, 1.82) is 0 Å². The lowest BCUT2D eigenvalue weighted by molar-refractivity contribution is 0.118. The average molecular weight is 468 g/mol. The van der Waals surface area contributed by atoms with Gasteiger partial charge in [0.1, 0.15) is 0 Å². The van der Waals surface area contributed by atoms with Crippen molar-refractivity contribution in [3.8, 4) is 0 Å². The Morgan fingerprint density at radius 1 is 0.920 bits per heavy atom. The van der Waals surface area contributed by atoms with Crippen LogP contribution in [0.5, 0.6) is 0 Å². The maximum absolute atomic E-state index is 6.43. The van der Waals surface area contributed by atoms with E-state index in [2.05, 4.69) is 129 Å². The van der Waals surface area contributed by atoms with Gasteiger partial charge in [-0.05, 0) is 52.4 Å². The quantitative estimate of drug-likeness (QED) is 0.327. The summed E-state index contributed by atoms with van der Waals surface area (Å²) in [6, 6.07) is 16.7. The number of benzene rings is 2. The summed E-state index contributed by atoms with van der Waals surface area (Å²) in [7, 11) is -1.65. The van der Waals surface area contributed by atoms with Crippen molar-refractivity contribution in [3.05, 3.63) is 58.7 Å². The summed E-state index contributed by atoms with van der Waals surface area (Å²) in [4.78, 5) is 0. The zero-order valence-electron chi connectivity index (χ0n) is 16.8. The molecule has 25 heavy (non-hydrogen) atoms. The van der Waals surface area contributed by atoms with Gasteiger partial charge < -0.3 is 4.43 Å². The number of hydrogen-bond donors (Lipinski definition) is 0. The van der Waals surface area contributed by atoms with Crippen LogP contribution in [0.4, 0.5) is 0 Å². The van der Waals surface area contributed by atoms with Crippen LogP contribution in [0.15, 0.2) is 58.7 Å². The molecular weight excluding hydrogens is 435 g/mol. The molecule has 0 saturated heterocycles. The van der Waals surface area contributed by atoms with Crippen LogP contribution in [0.3, 0.4) is 0 Å². The third kappa shape index (κ3) is 6.87. The zero-order valence-corrected chi connectivity index (χ0v) is 19.9. The van der Waals surface area contributed by atoms with E-state index in [1.807, 2.05) is 0 Å². The summed E-state index contributed by atoms with van der Waals surface area (Å²) in [5.41, 5.74) is -0.0931. The van der Waals surface area contributed by atoms with Gasteiger partial charge in [0.2, 0.25) is 0 Å². The summed E-state index contributed by atoms with van der Waals surface area (Å²) in [6.45, 7) is 15.8. The smallest absolute Gasteiger partial charge is 0.193 e. The number of halogens is 1. The highest BCUT2D eigenvalue weighted by molar-refractivity contribution is 14.1. The van der Waals surface area contributed by atoms with Crippen LogP contribution in [-0.2, 0) is 4.43 Å². The fraction of sp³-hybridized carbons (Fsp3) is 0.455. The van der Waals surface area contributed by atoms with Crippen LogP contribution in [0.25, 0.3) is 10.8 Å². The van der Waals surface area contributed by atoms with Crippen molar-refractivity contribution in [2.24, 2.45) is 0 Å². The largest absolute Gasteiger partial charge is 0.408 e. The first-order valence-electron chi connectivity index (χ1n) is 8.96. The van der Waals surface area contributed by atoms with Crippen LogP contribution in [0.1, 0.15) is 41.0 Å². The molecule has 2 aromatic rings. The lowest BCUT2D eigenvalue weighted by Crippen LogP contribution is -2.47. The summed E-state index contributed by atoms with van der Waals surface area (Å²) in [6.07, 6.45) is 3.20. The maximum Gasteiger partial charge on any atom is 0.193 e. The second kappa shape index (κ2) is 9.33. The van der Waals surface area contributed by atoms with Gasteiger partial charge in [-0.1, -0.05) is 98.8 Å². The summed E-state index contributed by atoms with van der Waals surface area (Å²) >= 11 is 2.26. The zero-order chi connectivity index (χ0) is 19.1. The van der Waals surface area contributed by atoms with Gasteiger partial charge in [-0.3, -0.25) is 0 Å². The van der Waals surface area contributed by atoms with Gasteiger partial charge in [-0.2, -0.15) is 0 Å². The molecule has 0 aliphatic carbocycles. The normalized spacial score (nSPS) is 14.9. The molecule has 0 saturated carbocycles. The van der Waals surface area contributed by atoms with Crippen LogP contribution in [0, 0.1) is 0 Å². The topological polar surface area (TPSA) is 9.23 Å². The highest BCUT2D eigenvalue weighted by atomic mass is 127. The van der Waals surface area contributed by atoms with Crippen molar-refractivity contribution < 1.29 is 4.43 Å². The average Bonchev–Trinajstić information content (AvgIpc) is 2.54. The fourth-order valence-corrected chi connectivity index (χ4v) is 4.67. The van der Waals surface area contributed by atoms with Gasteiger partial charge in [0.05, 0.1) is 5.60 Å². The van der Waals surface area contributed by atoms with Crippen LogP contribution >= 0.6 is 22.6 Å². The Morgan fingerprint density at radius 3 is 1.60 bits per heavy atom. The molecule has 1 atom stereocenters. The van der Waals surface area contributed by atoms with E-state index in [1.165, 1.54) is 10.8 Å². The molecular formula is C22H33IOSi. The van der Waals surface area contributed by atoms with E-state index in [4.69, 9.17) is 4.43 Å². The predicted molar refractivity (Wildman–Crippen MR) is 124 cm³/mol. The molecule has 0 fully saturated rings. The predicted octanol–water partition coefficient (Wildman–Crippen LogP) is 7.97. The Kier molecular flexibility index (Phi) is 8.36. The molecule has 0 N–H and O–H groups in total. The molecule has 3 heteroatoms. The van der Waals surface area contributed by atoms with E-state index in [1.54, 1.807) is 0 Å². The second-order valence-electron chi connectivity index (χ2n) is 8.17. The third-order valence-corrected chi connectivity index (χ3v) is 10.0. The molecule has 0 aromatic heterocycles. The minimum absolute atomic E-state index is 0.0931. The van der Waals surface area contributed by atoms with Crippen LogP contribution in [0.2, 0.25) is 18.1 Å². The second-order valence-corrected chi connectivity index (χ2v) is 13.6. The Balaban J connectivity index is 0.000000267. The molecule has 0 aliphatic rings. The van der Waals surface area contributed by atoms with Crippen molar-refractivity contribution >= 4 is 41.7 Å². The fourth-order valence-electron chi connectivity index (χ4n) is 2.23. The monoisotopic (exact) mass is 468 g/mol. The SMILES string of the molecule is CCC(C)(C=CI)O[Si](C)(C)C(C)(C)C.c1ccc2ccccc2c1. The Bertz CT molecular complexity index is 622. The van der Waals surface area contributed by atoms with E-state index >= 15 is 0 Å². The Labute approximate surface area is 169 Å². The first-order valence-corrected chi connectivity index (χ1v) is 13.1. The van der Waals surface area contributed by atoms with Crippen molar-refractivity contribution in [2.45, 2.75) is 64.8 Å². The summed E-state index contributed by atoms with van der Waals surface area (Å²) in [5, 5.41) is 2.90. The maximum atomic E-state index is 6.43. The van der Waals surface area contributed by atoms with E-state index in [0.29, 0.717) is 0 Å². The lowest BCUT2D eigenvalue weighted by atomic mass is 10.1. The molecule has 2 rings (SSSR count). The van der Waals surface area contributed by atoms with E-state index < -0.39 is 8.32 Å². The van der Waals surface area contributed by atoms with Crippen molar-refractivity contribution in [2.75, 3.05) is 0 Å². The molecule has 2 aromatic carbocycles. The number of rotatable bonds is 4. The molecule has 1 nitrogen and oxygen atoms in total. The van der Waals surface area contributed by atoms with Crippen LogP contribution in [-0.4, -0.2) is 13.9 Å². The highest BCUT2D eigenvalue weighted by Crippen LogP contribution is 2.40. The minimum Gasteiger partial charge on any atom is -0.408 e. The van der Waals surface area contributed by atoms with Gasteiger partial charge in [-0.15, -0.1) is 0 Å². The number of hydrogen-bond acceptors (Lipinski definition) is 1. The molecule has 0 radical (unpaired) electrons. The van der Waals surface area contributed by atoms with E-state index in [-0.39, 0.29) is 10.6 Å². The van der Waals surface area contributed by atoms with Gasteiger partial charge in [0.25, 0.3) is 0 Å². The van der Waals surface area contributed by atoms with Gasteiger partial charge in [-0.25, -0.2) is 0 Å². The molecule has 1 unspecified atom stereocenters. The minimum atomic E-state index is -1.65. The molecule has 0 spiro atoms. The van der Waals surface area contributed by atoms with E-state index in [0.717, 1.165) is 6.42 Å². The summed E-state index contributed by atoms with van der Waals surface area (Å²) in [5.74, 6) is 0. The van der Waals surface area contributed by atoms with E-state index in [9.17, 15) is 0 Å². The molecule has 0 bridgehead atoms. The summed E-state index contributed by atoms with van der Waals surface area (Å²) < 4.78 is 8.49. The molecule has 138 valence electrons. The van der Waals surface area contributed by atoms with Gasteiger partial charge in [0, 0.05) is 0 Å². The van der Waals surface area contributed by atoms with Gasteiger partial charge in [0.15, 0.2) is 8.32 Å². The first kappa shape index (κ1) is 22.4. The molecule has 0 amide bonds. The Hall–Kier alpha value is -0.653. The van der Waals surface area contributed by atoms with Gasteiger partial charge >= 0.3 is 0 Å². The highest BCUT2D eigenvalue weighted by Gasteiger charge is 2.41. The third-order valence-electron chi connectivity index (χ3n) is 5.07. The number of fused-ring (bicyclic) bond motifs is 1. The molecule has 0 aliphatic heterocycles. The van der Waals surface area contributed by atoms with Crippen LogP contribution < -0.4 is 0 Å². The standard InChI is InChI=1S/C12H25IOSi.C10H8/c1-8-12(5,9-10-13)14-15(6,7)11(2,3)4;1-2-6-10-8-4-3-7-9(10)5-1/h9-10H,8H2,1-7H3;1-8H. The lowest BCUT2D eigenvalue weighted by Gasteiger charge is -2.42. The van der Waals surface area contributed by atoms with Crippen molar-refractivity contribution in [1.82, 2.24) is 0 Å². The molecule has 0 heterocycles.